The van der Waals surface area contributed by atoms with Crippen LogP contribution in [0.3, 0.4) is 0 Å². The molecule has 5 nitrogen and oxygen atoms in total. The Kier molecular flexibility index (Phi) is 8.02. The molecular formula is C13H25ClN2O3. The van der Waals surface area contributed by atoms with E-state index in [1.54, 1.807) is 6.92 Å². The first kappa shape index (κ1) is 18.2. The lowest BCUT2D eigenvalue weighted by Crippen LogP contribution is -2.50. The minimum atomic E-state index is -0.303. The lowest BCUT2D eigenvalue weighted by Gasteiger charge is -2.31. The molecule has 2 N–H and O–H groups in total. The van der Waals surface area contributed by atoms with Crippen molar-refractivity contribution >= 4 is 24.3 Å². The molecule has 6 heteroatoms. The topological polar surface area (TPSA) is 67.4 Å². The number of carbonyl (C=O) groups is 2. The van der Waals surface area contributed by atoms with Crippen LogP contribution >= 0.6 is 12.4 Å². The fourth-order valence-electron chi connectivity index (χ4n) is 1.73. The van der Waals surface area contributed by atoms with Gasteiger partial charge >= 0.3 is 5.97 Å². The van der Waals surface area contributed by atoms with Gasteiger partial charge in [0, 0.05) is 12.5 Å². The molecule has 0 saturated carbocycles. The van der Waals surface area contributed by atoms with Crippen molar-refractivity contribution in [1.29, 1.82) is 0 Å². The third-order valence-corrected chi connectivity index (χ3v) is 3.27. The van der Waals surface area contributed by atoms with Gasteiger partial charge in [0.05, 0.1) is 12.0 Å². The third kappa shape index (κ3) is 5.78. The first-order valence-electron chi connectivity index (χ1n) is 6.60. The van der Waals surface area contributed by atoms with Crippen LogP contribution in [-0.4, -0.2) is 37.6 Å². The lowest BCUT2D eigenvalue weighted by atomic mass is 9.88. The van der Waals surface area contributed by atoms with E-state index in [-0.39, 0.29) is 42.2 Å². The number of amides is 1. The maximum atomic E-state index is 11.8. The summed E-state index contributed by atoms with van der Waals surface area (Å²) < 4.78 is 5.08. The fraction of sp³-hybridized carbons (Fsp3) is 0.846. The van der Waals surface area contributed by atoms with Gasteiger partial charge in [-0.05, 0) is 32.9 Å². The van der Waals surface area contributed by atoms with Gasteiger partial charge in [-0.25, -0.2) is 0 Å². The monoisotopic (exact) mass is 292 g/mol. The first-order chi connectivity index (χ1) is 8.41. The third-order valence-electron chi connectivity index (χ3n) is 3.27. The van der Waals surface area contributed by atoms with Gasteiger partial charge < -0.3 is 15.4 Å². The molecule has 2 unspecified atom stereocenters. The highest BCUT2D eigenvalue weighted by Gasteiger charge is 2.29. The zero-order valence-electron chi connectivity index (χ0n) is 12.1. The van der Waals surface area contributed by atoms with E-state index in [2.05, 4.69) is 10.6 Å². The maximum absolute atomic E-state index is 11.8. The van der Waals surface area contributed by atoms with Gasteiger partial charge in [0.1, 0.15) is 0 Å². The predicted octanol–water partition coefficient (Wildman–Crippen LogP) is 0.968. The average molecular weight is 293 g/mol. The van der Waals surface area contributed by atoms with Crippen molar-refractivity contribution in [3.05, 3.63) is 0 Å². The Morgan fingerprint density at radius 1 is 1.26 bits per heavy atom. The molecule has 0 aromatic rings. The van der Waals surface area contributed by atoms with Crippen molar-refractivity contribution in [2.75, 3.05) is 19.6 Å². The molecule has 1 saturated heterocycles. The summed E-state index contributed by atoms with van der Waals surface area (Å²) in [6.07, 6.45) is -0.115. The van der Waals surface area contributed by atoms with Crippen LogP contribution in [0.4, 0.5) is 0 Å². The summed E-state index contributed by atoms with van der Waals surface area (Å²) in [6, 6.07) is 0. The number of rotatable bonds is 6. The number of carbonyl (C=O) groups excluding carboxylic acids is 2. The zero-order valence-corrected chi connectivity index (χ0v) is 12.9. The second kappa shape index (κ2) is 8.38. The largest absolute Gasteiger partial charge is 0.463 e. The molecule has 1 aliphatic heterocycles. The van der Waals surface area contributed by atoms with E-state index in [1.165, 1.54) is 0 Å². The Morgan fingerprint density at radius 3 is 2.26 bits per heavy atom. The SMILES string of the molecule is CC(C)OC(=O)C(C)CNC(=O)C(C)C1CNC1.Cl. The molecule has 112 valence electrons. The molecule has 0 aromatic heterocycles. The maximum Gasteiger partial charge on any atom is 0.310 e. The fourth-order valence-corrected chi connectivity index (χ4v) is 1.73. The van der Waals surface area contributed by atoms with Crippen LogP contribution in [0.15, 0.2) is 0 Å². The number of esters is 1. The molecule has 0 radical (unpaired) electrons. The van der Waals surface area contributed by atoms with E-state index < -0.39 is 0 Å². The van der Waals surface area contributed by atoms with E-state index >= 15 is 0 Å². The molecule has 1 fully saturated rings. The molecule has 1 rings (SSSR count). The Labute approximate surface area is 121 Å². The first-order valence-corrected chi connectivity index (χ1v) is 6.60. The van der Waals surface area contributed by atoms with Gasteiger partial charge in [0.2, 0.25) is 5.91 Å². The van der Waals surface area contributed by atoms with Crippen LogP contribution in [0.5, 0.6) is 0 Å². The molecule has 1 amide bonds. The normalized spacial score (nSPS) is 17.9. The van der Waals surface area contributed by atoms with Crippen LogP contribution in [0.25, 0.3) is 0 Å². The Bertz CT molecular complexity index is 306. The zero-order chi connectivity index (χ0) is 13.7. The summed E-state index contributed by atoms with van der Waals surface area (Å²) in [5.41, 5.74) is 0. The summed E-state index contributed by atoms with van der Waals surface area (Å²) in [6.45, 7) is 9.47. The summed E-state index contributed by atoms with van der Waals surface area (Å²) in [5, 5.41) is 5.97. The van der Waals surface area contributed by atoms with Crippen LogP contribution < -0.4 is 10.6 Å². The van der Waals surface area contributed by atoms with Gasteiger partial charge in [-0.3, -0.25) is 9.59 Å². The number of hydrogen-bond acceptors (Lipinski definition) is 4. The van der Waals surface area contributed by atoms with Crippen molar-refractivity contribution < 1.29 is 14.3 Å². The van der Waals surface area contributed by atoms with Gasteiger partial charge in [-0.1, -0.05) is 13.8 Å². The Hall–Kier alpha value is -0.810. The summed E-state index contributed by atoms with van der Waals surface area (Å²) in [4.78, 5) is 23.4. The number of halogens is 1. The smallest absolute Gasteiger partial charge is 0.310 e. The summed E-state index contributed by atoms with van der Waals surface area (Å²) in [7, 11) is 0. The van der Waals surface area contributed by atoms with Crippen molar-refractivity contribution in [3.8, 4) is 0 Å². The van der Waals surface area contributed by atoms with Gasteiger partial charge in [-0.2, -0.15) is 0 Å². The van der Waals surface area contributed by atoms with E-state index in [9.17, 15) is 9.59 Å². The van der Waals surface area contributed by atoms with E-state index in [1.807, 2.05) is 20.8 Å². The second-order valence-electron chi connectivity index (χ2n) is 5.34. The number of hydrogen-bond donors (Lipinski definition) is 2. The lowest BCUT2D eigenvalue weighted by molar-refractivity contribution is -0.151. The van der Waals surface area contributed by atoms with Crippen molar-refractivity contribution in [2.45, 2.75) is 33.8 Å². The quantitative estimate of drug-likeness (QED) is 0.716. The second-order valence-corrected chi connectivity index (χ2v) is 5.34. The molecule has 1 heterocycles. The minimum Gasteiger partial charge on any atom is -0.463 e. The predicted molar refractivity (Wildman–Crippen MR) is 76.2 cm³/mol. The van der Waals surface area contributed by atoms with Crippen molar-refractivity contribution in [3.63, 3.8) is 0 Å². The number of nitrogens with one attached hydrogen (secondary N) is 2. The summed E-state index contributed by atoms with van der Waals surface area (Å²) >= 11 is 0. The minimum absolute atomic E-state index is 0. The standard InChI is InChI=1S/C13H24N2O3.ClH/c1-8(2)18-13(17)9(3)5-15-12(16)10(4)11-6-14-7-11;/h8-11,14H,5-7H2,1-4H3,(H,15,16);1H. The van der Waals surface area contributed by atoms with Crippen LogP contribution in [0, 0.1) is 17.8 Å². The van der Waals surface area contributed by atoms with E-state index in [0.29, 0.717) is 12.5 Å². The van der Waals surface area contributed by atoms with Crippen molar-refractivity contribution in [2.24, 2.45) is 17.8 Å². The molecule has 1 aliphatic rings. The van der Waals surface area contributed by atoms with Crippen LogP contribution in [0.1, 0.15) is 27.7 Å². The highest BCUT2D eigenvalue weighted by molar-refractivity contribution is 5.85. The molecule has 0 aliphatic carbocycles. The van der Waals surface area contributed by atoms with Crippen LogP contribution in [0.2, 0.25) is 0 Å². The highest BCUT2D eigenvalue weighted by Crippen LogP contribution is 2.15. The molecule has 0 bridgehead atoms. The molecular weight excluding hydrogens is 268 g/mol. The van der Waals surface area contributed by atoms with Gasteiger partial charge in [-0.15, -0.1) is 12.4 Å². The highest BCUT2D eigenvalue weighted by atomic mass is 35.5. The Balaban J connectivity index is 0.00000324. The van der Waals surface area contributed by atoms with Crippen molar-refractivity contribution in [1.82, 2.24) is 10.6 Å². The van der Waals surface area contributed by atoms with E-state index in [4.69, 9.17) is 4.74 Å². The van der Waals surface area contributed by atoms with E-state index in [0.717, 1.165) is 13.1 Å². The molecule has 2 atom stereocenters. The van der Waals surface area contributed by atoms with Gasteiger partial charge in [0.25, 0.3) is 0 Å². The van der Waals surface area contributed by atoms with Gasteiger partial charge in [0.15, 0.2) is 0 Å². The number of ether oxygens (including phenoxy) is 1. The molecule has 0 spiro atoms. The molecule has 19 heavy (non-hydrogen) atoms. The summed E-state index contributed by atoms with van der Waals surface area (Å²) in [5.74, 6) is -0.125. The molecule has 0 aromatic carbocycles. The van der Waals surface area contributed by atoms with Crippen LogP contribution in [-0.2, 0) is 14.3 Å². The average Bonchev–Trinajstić information content (AvgIpc) is 2.21. The Morgan fingerprint density at radius 2 is 1.84 bits per heavy atom.